The summed E-state index contributed by atoms with van der Waals surface area (Å²) in [5, 5.41) is -0.0222. The molecule has 88 valence electrons. The first-order valence-corrected chi connectivity index (χ1v) is 5.00. The van der Waals surface area contributed by atoms with Crippen LogP contribution in [0.2, 0.25) is 5.02 Å². The van der Waals surface area contributed by atoms with Crippen molar-refractivity contribution in [3.63, 3.8) is 0 Å². The summed E-state index contributed by atoms with van der Waals surface area (Å²) < 4.78 is 37.2. The Hall–Kier alpha value is -1.62. The lowest BCUT2D eigenvalue weighted by Gasteiger charge is -2.08. The topological polar surface area (TPSA) is 25.8 Å². The maximum absolute atomic E-state index is 12.4. The molecule has 2 aromatic rings. The quantitative estimate of drug-likeness (QED) is 0.777. The molecule has 0 aliphatic heterocycles. The van der Waals surface area contributed by atoms with Gasteiger partial charge in [-0.3, -0.25) is 0 Å². The second-order valence-corrected chi connectivity index (χ2v) is 3.67. The van der Waals surface area contributed by atoms with E-state index in [2.05, 4.69) is 9.97 Å². The molecule has 0 bridgehead atoms. The first-order valence-electron chi connectivity index (χ1n) is 4.62. The molecule has 2 nitrogen and oxygen atoms in total. The van der Waals surface area contributed by atoms with Gasteiger partial charge in [-0.15, -0.1) is 0 Å². The zero-order chi connectivity index (χ0) is 12.5. The van der Waals surface area contributed by atoms with E-state index in [1.807, 2.05) is 0 Å². The molecule has 0 atom stereocenters. The predicted molar refractivity (Wildman–Crippen MR) is 57.5 cm³/mol. The standard InChI is InChI=1S/C11H6ClF3N2/c12-9-6-7(11(13,14)15)2-3-8(9)10-16-4-1-5-17-10/h1-6H. The summed E-state index contributed by atoms with van der Waals surface area (Å²) in [4.78, 5) is 7.85. The Kier molecular flexibility index (Phi) is 3.02. The van der Waals surface area contributed by atoms with Crippen molar-refractivity contribution < 1.29 is 13.2 Å². The minimum atomic E-state index is -4.40. The van der Waals surface area contributed by atoms with E-state index < -0.39 is 11.7 Å². The molecule has 1 heterocycles. The maximum atomic E-state index is 12.4. The third-order valence-corrected chi connectivity index (χ3v) is 2.42. The largest absolute Gasteiger partial charge is 0.416 e. The second kappa shape index (κ2) is 4.33. The minimum Gasteiger partial charge on any atom is -0.237 e. The fourth-order valence-electron chi connectivity index (χ4n) is 1.31. The molecule has 6 heteroatoms. The number of benzene rings is 1. The van der Waals surface area contributed by atoms with Gasteiger partial charge in [0.05, 0.1) is 10.6 Å². The molecule has 0 spiro atoms. The van der Waals surface area contributed by atoms with E-state index in [1.54, 1.807) is 6.07 Å². The first kappa shape index (κ1) is 11.9. The van der Waals surface area contributed by atoms with Gasteiger partial charge >= 0.3 is 6.18 Å². The number of hydrogen-bond donors (Lipinski definition) is 0. The lowest BCUT2D eigenvalue weighted by Crippen LogP contribution is -2.04. The Morgan fingerprint density at radius 2 is 1.71 bits per heavy atom. The number of aromatic nitrogens is 2. The smallest absolute Gasteiger partial charge is 0.237 e. The van der Waals surface area contributed by atoms with Crippen LogP contribution in [0.1, 0.15) is 5.56 Å². The van der Waals surface area contributed by atoms with Crippen LogP contribution < -0.4 is 0 Å². The molecular formula is C11H6ClF3N2. The average Bonchev–Trinajstić information content (AvgIpc) is 2.29. The van der Waals surface area contributed by atoms with Crippen molar-refractivity contribution in [3.8, 4) is 11.4 Å². The molecule has 0 radical (unpaired) electrons. The van der Waals surface area contributed by atoms with Gasteiger partial charge in [-0.05, 0) is 24.3 Å². The van der Waals surface area contributed by atoms with Crippen molar-refractivity contribution in [2.24, 2.45) is 0 Å². The van der Waals surface area contributed by atoms with Gasteiger partial charge in [0.25, 0.3) is 0 Å². The first-order chi connectivity index (χ1) is 7.98. The molecule has 0 N–H and O–H groups in total. The fourth-order valence-corrected chi connectivity index (χ4v) is 1.58. The second-order valence-electron chi connectivity index (χ2n) is 3.26. The highest BCUT2D eigenvalue weighted by Gasteiger charge is 2.31. The summed E-state index contributed by atoms with van der Waals surface area (Å²) in [5.41, 5.74) is -0.414. The summed E-state index contributed by atoms with van der Waals surface area (Å²) in [7, 11) is 0. The summed E-state index contributed by atoms with van der Waals surface area (Å²) in [6.07, 6.45) is -1.41. The minimum absolute atomic E-state index is 0.0222. The van der Waals surface area contributed by atoms with Crippen LogP contribution in [0.3, 0.4) is 0 Å². The fraction of sp³-hybridized carbons (Fsp3) is 0.0909. The Balaban J connectivity index is 2.46. The molecule has 2 rings (SSSR count). The predicted octanol–water partition coefficient (Wildman–Crippen LogP) is 3.82. The van der Waals surface area contributed by atoms with E-state index in [-0.39, 0.29) is 5.02 Å². The van der Waals surface area contributed by atoms with Crippen LogP contribution in [-0.2, 0) is 6.18 Å². The third kappa shape index (κ3) is 2.55. The van der Waals surface area contributed by atoms with Gasteiger partial charge in [0, 0.05) is 18.0 Å². The summed E-state index contributed by atoms with van der Waals surface area (Å²) >= 11 is 5.79. The normalized spacial score (nSPS) is 11.5. The van der Waals surface area contributed by atoms with Gasteiger partial charge < -0.3 is 0 Å². The average molecular weight is 259 g/mol. The zero-order valence-electron chi connectivity index (χ0n) is 8.37. The highest BCUT2D eigenvalue weighted by molar-refractivity contribution is 6.33. The maximum Gasteiger partial charge on any atom is 0.416 e. The summed E-state index contributed by atoms with van der Waals surface area (Å²) in [5.74, 6) is 0.297. The van der Waals surface area contributed by atoms with E-state index in [9.17, 15) is 13.2 Å². The number of nitrogens with zero attached hydrogens (tertiary/aromatic N) is 2. The molecule has 0 aliphatic carbocycles. The SMILES string of the molecule is FC(F)(F)c1ccc(-c2ncccn2)c(Cl)c1. The molecule has 0 unspecified atom stereocenters. The van der Waals surface area contributed by atoms with Crippen molar-refractivity contribution >= 4 is 11.6 Å². The molecular weight excluding hydrogens is 253 g/mol. The van der Waals surface area contributed by atoms with E-state index >= 15 is 0 Å². The number of hydrogen-bond acceptors (Lipinski definition) is 2. The van der Waals surface area contributed by atoms with Gasteiger partial charge in [-0.25, -0.2) is 9.97 Å². The van der Waals surface area contributed by atoms with Crippen LogP contribution >= 0.6 is 11.6 Å². The molecule has 0 saturated carbocycles. The van der Waals surface area contributed by atoms with Crippen LogP contribution in [-0.4, -0.2) is 9.97 Å². The molecule has 0 saturated heterocycles. The molecule has 0 aliphatic rings. The van der Waals surface area contributed by atoms with E-state index in [0.717, 1.165) is 12.1 Å². The van der Waals surface area contributed by atoms with Crippen molar-refractivity contribution in [2.75, 3.05) is 0 Å². The Bertz CT molecular complexity index is 526. The number of halogens is 4. The van der Waals surface area contributed by atoms with Gasteiger partial charge in [-0.2, -0.15) is 13.2 Å². The number of rotatable bonds is 1. The van der Waals surface area contributed by atoms with Crippen molar-refractivity contribution in [3.05, 3.63) is 47.2 Å². The molecule has 1 aromatic carbocycles. The van der Waals surface area contributed by atoms with Crippen molar-refractivity contribution in [1.82, 2.24) is 9.97 Å². The van der Waals surface area contributed by atoms with Gasteiger partial charge in [-0.1, -0.05) is 11.6 Å². The Morgan fingerprint density at radius 1 is 1.06 bits per heavy atom. The lowest BCUT2D eigenvalue weighted by atomic mass is 10.1. The monoisotopic (exact) mass is 258 g/mol. The lowest BCUT2D eigenvalue weighted by molar-refractivity contribution is -0.137. The zero-order valence-corrected chi connectivity index (χ0v) is 9.13. The summed E-state index contributed by atoms with van der Waals surface area (Å²) in [6, 6.07) is 4.70. The van der Waals surface area contributed by atoms with E-state index in [0.29, 0.717) is 11.4 Å². The van der Waals surface area contributed by atoms with Crippen LogP contribution in [0.15, 0.2) is 36.7 Å². The Morgan fingerprint density at radius 3 is 2.24 bits per heavy atom. The number of alkyl halides is 3. The Labute approximate surface area is 100 Å². The highest BCUT2D eigenvalue weighted by atomic mass is 35.5. The van der Waals surface area contributed by atoms with Gasteiger partial charge in [0.2, 0.25) is 0 Å². The van der Waals surface area contributed by atoms with Crippen LogP contribution in [0.5, 0.6) is 0 Å². The van der Waals surface area contributed by atoms with Crippen LogP contribution in [0.4, 0.5) is 13.2 Å². The van der Waals surface area contributed by atoms with Crippen LogP contribution in [0, 0.1) is 0 Å². The molecule has 0 fully saturated rings. The van der Waals surface area contributed by atoms with Crippen molar-refractivity contribution in [1.29, 1.82) is 0 Å². The molecule has 0 amide bonds. The van der Waals surface area contributed by atoms with E-state index in [1.165, 1.54) is 18.5 Å². The van der Waals surface area contributed by atoms with E-state index in [4.69, 9.17) is 11.6 Å². The molecule has 1 aromatic heterocycles. The van der Waals surface area contributed by atoms with Crippen molar-refractivity contribution in [2.45, 2.75) is 6.18 Å². The molecule has 17 heavy (non-hydrogen) atoms. The van der Waals surface area contributed by atoms with Gasteiger partial charge in [0.15, 0.2) is 5.82 Å². The summed E-state index contributed by atoms with van der Waals surface area (Å²) in [6.45, 7) is 0. The van der Waals surface area contributed by atoms with Crippen LogP contribution in [0.25, 0.3) is 11.4 Å². The highest BCUT2D eigenvalue weighted by Crippen LogP contribution is 2.34. The van der Waals surface area contributed by atoms with Gasteiger partial charge in [0.1, 0.15) is 0 Å². The third-order valence-electron chi connectivity index (χ3n) is 2.10.